The molecule has 1 aromatic heterocycles. The smallest absolute Gasteiger partial charge is 0.275 e. The molecule has 26 heavy (non-hydrogen) atoms. The second-order valence-electron chi connectivity index (χ2n) is 5.49. The van der Waals surface area contributed by atoms with E-state index in [1.54, 1.807) is 30.3 Å². The van der Waals surface area contributed by atoms with E-state index < -0.39 is 17.4 Å². The van der Waals surface area contributed by atoms with Crippen LogP contribution in [0.4, 0.5) is 5.69 Å². The second kappa shape index (κ2) is 7.65. The van der Waals surface area contributed by atoms with Gasteiger partial charge < -0.3 is 10.6 Å². The molecule has 7 nitrogen and oxygen atoms in total. The summed E-state index contributed by atoms with van der Waals surface area (Å²) in [7, 11) is 1.48. The third-order valence-electron chi connectivity index (χ3n) is 3.71. The number of carbonyl (C=O) groups is 2. The van der Waals surface area contributed by atoms with Crippen molar-refractivity contribution in [2.75, 3.05) is 12.4 Å². The van der Waals surface area contributed by atoms with Gasteiger partial charge in [0.25, 0.3) is 11.5 Å². The maximum atomic E-state index is 12.6. The molecule has 0 atom stereocenters. The van der Waals surface area contributed by atoms with E-state index in [1.807, 2.05) is 18.2 Å². The number of fused-ring (bicyclic) bond motifs is 1. The predicted octanol–water partition coefficient (Wildman–Crippen LogP) is 2.00. The molecular formula is C18H15IN4O3. The number of nitrogens with zero attached hydrogens (tertiary/aromatic N) is 2. The van der Waals surface area contributed by atoms with E-state index in [0.717, 1.165) is 8.25 Å². The van der Waals surface area contributed by atoms with Gasteiger partial charge in [0, 0.05) is 21.7 Å². The van der Waals surface area contributed by atoms with E-state index in [-0.39, 0.29) is 12.2 Å². The highest BCUT2D eigenvalue weighted by atomic mass is 127. The highest BCUT2D eigenvalue weighted by Gasteiger charge is 2.17. The van der Waals surface area contributed by atoms with Crippen molar-refractivity contribution in [3.05, 3.63) is 68.1 Å². The number of anilines is 1. The van der Waals surface area contributed by atoms with Crippen LogP contribution >= 0.6 is 22.6 Å². The monoisotopic (exact) mass is 462 g/mol. The van der Waals surface area contributed by atoms with Gasteiger partial charge in [-0.25, -0.2) is 4.68 Å². The van der Waals surface area contributed by atoms with Gasteiger partial charge in [-0.3, -0.25) is 14.4 Å². The molecule has 0 aliphatic heterocycles. The van der Waals surface area contributed by atoms with Crippen molar-refractivity contribution in [2.24, 2.45) is 0 Å². The molecule has 132 valence electrons. The van der Waals surface area contributed by atoms with E-state index >= 15 is 0 Å². The summed E-state index contributed by atoms with van der Waals surface area (Å²) >= 11 is 2.14. The van der Waals surface area contributed by atoms with Gasteiger partial charge in [-0.1, -0.05) is 24.3 Å². The second-order valence-corrected chi connectivity index (χ2v) is 6.74. The van der Waals surface area contributed by atoms with Crippen LogP contribution in [0.2, 0.25) is 0 Å². The molecule has 3 aromatic rings. The molecule has 2 aromatic carbocycles. The molecule has 0 aliphatic carbocycles. The quantitative estimate of drug-likeness (QED) is 0.581. The molecule has 2 N–H and O–H groups in total. The van der Waals surface area contributed by atoms with E-state index in [0.29, 0.717) is 16.5 Å². The van der Waals surface area contributed by atoms with Crippen molar-refractivity contribution in [2.45, 2.75) is 6.54 Å². The first-order valence-electron chi connectivity index (χ1n) is 7.77. The van der Waals surface area contributed by atoms with Crippen LogP contribution in [0.1, 0.15) is 10.5 Å². The summed E-state index contributed by atoms with van der Waals surface area (Å²) in [6.45, 7) is -0.293. The molecule has 3 rings (SSSR count). The summed E-state index contributed by atoms with van der Waals surface area (Å²) in [4.78, 5) is 37.1. The lowest BCUT2D eigenvalue weighted by Gasteiger charge is -2.10. The van der Waals surface area contributed by atoms with E-state index in [1.165, 1.54) is 7.05 Å². The number of aromatic nitrogens is 2. The van der Waals surface area contributed by atoms with Gasteiger partial charge in [-0.05, 0) is 46.9 Å². The minimum absolute atomic E-state index is 0.102. The fourth-order valence-corrected chi connectivity index (χ4v) is 3.07. The molecular weight excluding hydrogens is 447 g/mol. The first kappa shape index (κ1) is 18.1. The van der Waals surface area contributed by atoms with Crippen LogP contribution in [-0.2, 0) is 11.3 Å². The number of hydrogen-bond donors (Lipinski definition) is 2. The first-order chi connectivity index (χ1) is 12.5. The number of nitrogens with one attached hydrogen (secondary N) is 2. The number of carbonyl (C=O) groups excluding carboxylic acids is 2. The molecule has 0 spiro atoms. The standard InChI is InChI=1S/C18H15IN4O3/c1-20-17(25)16-13-7-2-3-8-14(13)18(26)23(22-16)10-15(24)21-12-6-4-5-11(19)9-12/h2-9H,10H2,1H3,(H,20,25)(H,21,24). The molecule has 8 heteroatoms. The first-order valence-corrected chi connectivity index (χ1v) is 8.85. The Hall–Kier alpha value is -2.75. The molecule has 0 aliphatic rings. The third kappa shape index (κ3) is 3.74. The van der Waals surface area contributed by atoms with E-state index in [4.69, 9.17) is 0 Å². The summed E-state index contributed by atoms with van der Waals surface area (Å²) < 4.78 is 1.99. The van der Waals surface area contributed by atoms with Gasteiger partial charge in [0.1, 0.15) is 6.54 Å². The Balaban J connectivity index is 1.97. The van der Waals surface area contributed by atoms with Crippen LogP contribution in [0.3, 0.4) is 0 Å². The maximum Gasteiger partial charge on any atom is 0.275 e. The molecule has 0 saturated carbocycles. The molecule has 0 bridgehead atoms. The fraction of sp³-hybridized carbons (Fsp3) is 0.111. The van der Waals surface area contributed by atoms with Crippen LogP contribution in [0, 0.1) is 3.57 Å². The van der Waals surface area contributed by atoms with Crippen molar-refractivity contribution in [3.8, 4) is 0 Å². The van der Waals surface area contributed by atoms with Crippen molar-refractivity contribution in [1.29, 1.82) is 0 Å². The predicted molar refractivity (Wildman–Crippen MR) is 107 cm³/mol. The van der Waals surface area contributed by atoms with Crippen LogP contribution in [-0.4, -0.2) is 28.6 Å². The summed E-state index contributed by atoms with van der Waals surface area (Å²) in [5, 5.41) is 10.1. The highest BCUT2D eigenvalue weighted by molar-refractivity contribution is 14.1. The Bertz CT molecular complexity index is 1060. The minimum atomic E-state index is -0.425. The maximum absolute atomic E-state index is 12.6. The van der Waals surface area contributed by atoms with Crippen LogP contribution in [0.25, 0.3) is 10.8 Å². The molecule has 0 saturated heterocycles. The van der Waals surface area contributed by atoms with Crippen molar-refractivity contribution in [3.63, 3.8) is 0 Å². The largest absolute Gasteiger partial charge is 0.354 e. The van der Waals surface area contributed by atoms with Gasteiger partial charge in [-0.2, -0.15) is 5.10 Å². The van der Waals surface area contributed by atoms with Crippen molar-refractivity contribution in [1.82, 2.24) is 15.1 Å². The van der Waals surface area contributed by atoms with Crippen molar-refractivity contribution >= 4 is 50.9 Å². The minimum Gasteiger partial charge on any atom is -0.354 e. The zero-order chi connectivity index (χ0) is 18.7. The highest BCUT2D eigenvalue weighted by Crippen LogP contribution is 2.14. The number of halogens is 1. The Labute approximate surface area is 162 Å². The zero-order valence-electron chi connectivity index (χ0n) is 13.8. The average Bonchev–Trinajstić information content (AvgIpc) is 2.63. The average molecular weight is 462 g/mol. The summed E-state index contributed by atoms with van der Waals surface area (Å²) in [6.07, 6.45) is 0. The molecule has 1 heterocycles. The normalized spacial score (nSPS) is 10.5. The van der Waals surface area contributed by atoms with Gasteiger partial charge in [0.15, 0.2) is 5.69 Å². The summed E-state index contributed by atoms with van der Waals surface area (Å²) in [5.74, 6) is -0.826. The van der Waals surface area contributed by atoms with Gasteiger partial charge >= 0.3 is 0 Å². The fourth-order valence-electron chi connectivity index (χ4n) is 2.53. The lowest BCUT2D eigenvalue weighted by Crippen LogP contribution is -2.33. The van der Waals surface area contributed by atoms with Gasteiger partial charge in [0.2, 0.25) is 5.91 Å². The third-order valence-corrected chi connectivity index (χ3v) is 4.38. The van der Waals surface area contributed by atoms with Crippen LogP contribution < -0.4 is 16.2 Å². The lowest BCUT2D eigenvalue weighted by atomic mass is 10.1. The molecule has 0 fully saturated rings. The number of rotatable bonds is 4. The Morgan fingerprint density at radius 1 is 1.12 bits per heavy atom. The van der Waals surface area contributed by atoms with Crippen molar-refractivity contribution < 1.29 is 9.59 Å². The molecule has 2 amide bonds. The van der Waals surface area contributed by atoms with Crippen LogP contribution in [0.15, 0.2) is 53.3 Å². The Morgan fingerprint density at radius 2 is 1.85 bits per heavy atom. The number of amides is 2. The molecule has 0 unspecified atom stereocenters. The van der Waals surface area contributed by atoms with E-state index in [9.17, 15) is 14.4 Å². The van der Waals surface area contributed by atoms with Gasteiger partial charge in [-0.15, -0.1) is 0 Å². The van der Waals surface area contributed by atoms with E-state index in [2.05, 4.69) is 38.3 Å². The summed E-state index contributed by atoms with van der Waals surface area (Å²) in [5.41, 5.74) is 0.304. The van der Waals surface area contributed by atoms with Crippen LogP contribution in [0.5, 0.6) is 0 Å². The summed E-state index contributed by atoms with van der Waals surface area (Å²) in [6, 6.07) is 14.0. The van der Waals surface area contributed by atoms with Gasteiger partial charge in [0.05, 0.1) is 5.39 Å². The zero-order valence-corrected chi connectivity index (χ0v) is 16.0. The topological polar surface area (TPSA) is 93.1 Å². The lowest BCUT2D eigenvalue weighted by molar-refractivity contribution is -0.117. The number of benzene rings is 2. The SMILES string of the molecule is CNC(=O)c1nn(CC(=O)Nc2cccc(I)c2)c(=O)c2ccccc12. The number of hydrogen-bond acceptors (Lipinski definition) is 4. The Morgan fingerprint density at radius 3 is 2.54 bits per heavy atom. The Kier molecular flexibility index (Phi) is 5.31. The molecule has 0 radical (unpaired) electrons.